The average molecular weight is 755 g/mol. The van der Waals surface area contributed by atoms with Crippen LogP contribution in [-0.4, -0.2) is 103 Å². The second-order valence-corrected chi connectivity index (χ2v) is 17.9. The number of hydrogen-bond donors (Lipinski definition) is 4. The van der Waals surface area contributed by atoms with Gasteiger partial charge in [-0.1, -0.05) is 26.0 Å². The molecule has 2 unspecified atom stereocenters. The SMILES string of the molecule is COc1ccc2c(O[C@@H]3C[C@H]4C(=O)NC5(C(=O)NS(=O)(=O)C6(C)CC6)CC5/C=C\CC[C@H](C)C[C@@H](C)[C@H](NC(=O)O)C(=O)N4C3)nc(N(C)C)cc2c1. The number of methoxy groups -OCH3 is 1. The molecule has 2 saturated carbocycles. The molecule has 1 saturated heterocycles. The quantitative estimate of drug-likeness (QED) is 0.289. The Labute approximate surface area is 309 Å². The minimum Gasteiger partial charge on any atom is -0.497 e. The minimum absolute atomic E-state index is 0.00223. The van der Waals surface area contributed by atoms with Crippen LogP contribution < -0.4 is 29.7 Å². The molecule has 4 amide bonds. The van der Waals surface area contributed by atoms with Gasteiger partial charge in [0.05, 0.1) is 18.4 Å². The lowest BCUT2D eigenvalue weighted by Gasteiger charge is -2.32. The molecule has 4 N–H and O–H groups in total. The van der Waals surface area contributed by atoms with E-state index in [1.165, 1.54) is 4.90 Å². The largest absolute Gasteiger partial charge is 0.497 e. The number of rotatable bonds is 8. The van der Waals surface area contributed by atoms with E-state index in [2.05, 4.69) is 15.4 Å². The summed E-state index contributed by atoms with van der Waals surface area (Å²) in [6, 6.07) is 5.00. The summed E-state index contributed by atoms with van der Waals surface area (Å²) < 4.78 is 39.4. The zero-order valence-corrected chi connectivity index (χ0v) is 31.9. The first-order valence-electron chi connectivity index (χ1n) is 18.1. The fourth-order valence-corrected chi connectivity index (χ4v) is 8.84. The smallest absolute Gasteiger partial charge is 0.405 e. The molecule has 1 aromatic heterocycles. The molecule has 2 aliphatic carbocycles. The minimum atomic E-state index is -4.01. The first-order chi connectivity index (χ1) is 25.0. The fraction of sp³-hybridized carbons (Fsp3) is 0.595. The molecule has 16 heteroatoms. The van der Waals surface area contributed by atoms with E-state index in [1.807, 2.05) is 63.2 Å². The van der Waals surface area contributed by atoms with Gasteiger partial charge >= 0.3 is 6.09 Å². The first-order valence-corrected chi connectivity index (χ1v) is 19.6. The van der Waals surface area contributed by atoms with E-state index in [1.54, 1.807) is 20.1 Å². The van der Waals surface area contributed by atoms with E-state index >= 15 is 0 Å². The third-order valence-corrected chi connectivity index (χ3v) is 13.4. The molecule has 2 aromatic rings. The highest BCUT2D eigenvalue weighted by Gasteiger charge is 2.63. The Morgan fingerprint density at radius 2 is 1.87 bits per heavy atom. The Bertz CT molecular complexity index is 1930. The monoisotopic (exact) mass is 754 g/mol. The van der Waals surface area contributed by atoms with Gasteiger partial charge in [0.25, 0.3) is 5.91 Å². The molecule has 0 bridgehead atoms. The van der Waals surface area contributed by atoms with Crippen LogP contribution in [0.1, 0.15) is 65.7 Å². The Kier molecular flexibility index (Phi) is 10.3. The maximum atomic E-state index is 14.5. The number of nitrogens with zero attached hydrogens (tertiary/aromatic N) is 3. The number of ether oxygens (including phenoxy) is 2. The maximum Gasteiger partial charge on any atom is 0.405 e. The number of allylic oxidation sites excluding steroid dienone is 1. The van der Waals surface area contributed by atoms with Crippen LogP contribution in [0.4, 0.5) is 10.6 Å². The van der Waals surface area contributed by atoms with E-state index < -0.39 is 74.1 Å². The predicted molar refractivity (Wildman–Crippen MR) is 197 cm³/mol. The van der Waals surface area contributed by atoms with Crippen LogP contribution in [0.15, 0.2) is 36.4 Å². The molecular weight excluding hydrogens is 705 g/mol. The Hall–Kier alpha value is -4.60. The number of nitrogens with one attached hydrogen (secondary N) is 3. The van der Waals surface area contributed by atoms with Crippen molar-refractivity contribution < 1.29 is 42.2 Å². The summed E-state index contributed by atoms with van der Waals surface area (Å²) in [7, 11) is 1.25. The Morgan fingerprint density at radius 3 is 2.53 bits per heavy atom. The number of amides is 4. The lowest BCUT2D eigenvalue weighted by atomic mass is 9.88. The highest BCUT2D eigenvalue weighted by Crippen LogP contribution is 2.47. The van der Waals surface area contributed by atoms with Crippen molar-refractivity contribution >= 4 is 50.4 Å². The van der Waals surface area contributed by atoms with Crippen molar-refractivity contribution in [3.63, 3.8) is 0 Å². The zero-order chi connectivity index (χ0) is 38.5. The third kappa shape index (κ3) is 7.73. The van der Waals surface area contributed by atoms with Gasteiger partial charge < -0.3 is 35.0 Å². The van der Waals surface area contributed by atoms with E-state index in [4.69, 9.17) is 14.5 Å². The van der Waals surface area contributed by atoms with Crippen LogP contribution in [0.5, 0.6) is 11.6 Å². The Balaban J connectivity index is 1.36. The summed E-state index contributed by atoms with van der Waals surface area (Å²) in [6.45, 7) is 5.35. The highest BCUT2D eigenvalue weighted by molar-refractivity contribution is 7.91. The van der Waals surface area contributed by atoms with Crippen molar-refractivity contribution in [2.45, 2.75) is 94.2 Å². The number of aromatic nitrogens is 1. The Morgan fingerprint density at radius 1 is 1.13 bits per heavy atom. The van der Waals surface area contributed by atoms with E-state index in [0.29, 0.717) is 42.6 Å². The zero-order valence-electron chi connectivity index (χ0n) is 31.0. The molecule has 1 aromatic carbocycles. The average Bonchev–Trinajstić information content (AvgIpc) is 3.98. The summed E-state index contributed by atoms with van der Waals surface area (Å²) >= 11 is 0. The van der Waals surface area contributed by atoms with Gasteiger partial charge in [0.1, 0.15) is 35.3 Å². The number of pyridine rings is 1. The van der Waals surface area contributed by atoms with E-state index in [9.17, 15) is 32.7 Å². The molecular formula is C37H50N6O9S. The number of carbonyl (C=O) groups excluding carboxylic acids is 3. The molecule has 6 rings (SSSR count). The van der Waals surface area contributed by atoms with Crippen LogP contribution in [0.25, 0.3) is 10.8 Å². The van der Waals surface area contributed by atoms with Crippen molar-refractivity contribution in [1.29, 1.82) is 0 Å². The van der Waals surface area contributed by atoms with Gasteiger partial charge in [-0.3, -0.25) is 19.1 Å². The van der Waals surface area contributed by atoms with Crippen molar-refractivity contribution in [2.75, 3.05) is 32.6 Å². The molecule has 288 valence electrons. The van der Waals surface area contributed by atoms with Gasteiger partial charge in [0.15, 0.2) is 0 Å². The lowest BCUT2D eigenvalue weighted by Crippen LogP contribution is -2.59. The van der Waals surface area contributed by atoms with E-state index in [-0.39, 0.29) is 31.2 Å². The molecule has 53 heavy (non-hydrogen) atoms. The molecule has 2 aliphatic heterocycles. The topological polar surface area (TPSA) is 197 Å². The first kappa shape index (κ1) is 38.1. The molecule has 0 spiro atoms. The number of hydrogen-bond acceptors (Lipinski definition) is 10. The third-order valence-electron chi connectivity index (χ3n) is 11.3. The van der Waals surface area contributed by atoms with Crippen molar-refractivity contribution in [2.24, 2.45) is 17.8 Å². The molecule has 7 atom stereocenters. The summed E-state index contributed by atoms with van der Waals surface area (Å²) in [5.74, 6) is -1.32. The van der Waals surface area contributed by atoms with Gasteiger partial charge in [-0.25, -0.2) is 13.2 Å². The lowest BCUT2D eigenvalue weighted by molar-refractivity contribution is -0.142. The van der Waals surface area contributed by atoms with Gasteiger partial charge in [0, 0.05) is 31.8 Å². The van der Waals surface area contributed by atoms with Crippen molar-refractivity contribution in [3.05, 3.63) is 36.4 Å². The molecule has 4 aliphatic rings. The van der Waals surface area contributed by atoms with E-state index in [0.717, 1.165) is 11.8 Å². The van der Waals surface area contributed by atoms with Crippen molar-refractivity contribution in [3.8, 4) is 11.6 Å². The normalized spacial score (nSPS) is 30.4. The van der Waals surface area contributed by atoms with Crippen LogP contribution in [0.2, 0.25) is 0 Å². The molecule has 0 radical (unpaired) electrons. The summed E-state index contributed by atoms with van der Waals surface area (Å²) in [5, 5.41) is 16.5. The van der Waals surface area contributed by atoms with Gasteiger partial charge in [0.2, 0.25) is 27.7 Å². The standard InChI is InChI=1S/C37H50N6O9S/c1-21-9-7-8-10-24-19-37(24,34(46)41-53(49,50)36(3)13-14-36)40-31(44)28-18-26(20-43(28)33(45)30(22(2)15-21)39-35(47)48)52-32-27-12-11-25(51-6)16-23(27)17-29(38-32)42(4)5/h8,10-12,16-17,21-22,24,26,28,30,39H,7,9,13-15,18-20H2,1-6H3,(H,40,44)(H,41,46)(H,47,48)/b10-8-/t21-,22+,24?,26+,28-,30-,37?/m0/s1. The van der Waals surface area contributed by atoms with Crippen LogP contribution in [-0.2, 0) is 24.4 Å². The second kappa shape index (κ2) is 14.3. The van der Waals surface area contributed by atoms with Gasteiger partial charge in [-0.05, 0) is 86.9 Å². The summed E-state index contributed by atoms with van der Waals surface area (Å²) in [5.41, 5.74) is -1.55. The molecule has 3 fully saturated rings. The maximum absolute atomic E-state index is 14.5. The number of carbonyl (C=O) groups is 4. The number of sulfonamides is 1. The van der Waals surface area contributed by atoms with Crippen LogP contribution in [0, 0.1) is 17.8 Å². The number of benzene rings is 1. The van der Waals surface area contributed by atoms with Crippen LogP contribution >= 0.6 is 0 Å². The summed E-state index contributed by atoms with van der Waals surface area (Å²) in [6.07, 6.45) is 4.62. The molecule has 15 nitrogen and oxygen atoms in total. The number of fused-ring (bicyclic) bond motifs is 3. The predicted octanol–water partition coefficient (Wildman–Crippen LogP) is 3.18. The van der Waals surface area contributed by atoms with Gasteiger partial charge in [-0.15, -0.1) is 0 Å². The highest BCUT2D eigenvalue weighted by atomic mass is 32.2. The van der Waals surface area contributed by atoms with Crippen LogP contribution in [0.3, 0.4) is 0 Å². The van der Waals surface area contributed by atoms with Gasteiger partial charge in [-0.2, -0.15) is 4.98 Å². The summed E-state index contributed by atoms with van der Waals surface area (Å²) in [4.78, 5) is 62.6. The second-order valence-electron chi connectivity index (χ2n) is 15.7. The van der Waals surface area contributed by atoms with Crippen molar-refractivity contribution in [1.82, 2.24) is 25.2 Å². The number of anilines is 1. The fourth-order valence-electron chi connectivity index (χ4n) is 7.52. The molecule has 3 heterocycles. The number of carboxylic acid groups (broad SMARTS) is 1.